The first kappa shape index (κ1) is 12.5. The summed E-state index contributed by atoms with van der Waals surface area (Å²) in [6.07, 6.45) is 4.96. The second kappa shape index (κ2) is 6.12. The van der Waals surface area contributed by atoms with Crippen LogP contribution in [0.2, 0.25) is 0 Å². The van der Waals surface area contributed by atoms with E-state index in [1.54, 1.807) is 0 Å². The lowest BCUT2D eigenvalue weighted by molar-refractivity contribution is -0.0280. The van der Waals surface area contributed by atoms with Crippen LogP contribution in [-0.4, -0.2) is 35.2 Å². The molecule has 0 saturated carbocycles. The average molecular weight is 234 g/mol. The minimum absolute atomic E-state index is 0.349. The Labute approximate surface area is 104 Å². The van der Waals surface area contributed by atoms with E-state index in [-0.39, 0.29) is 0 Å². The van der Waals surface area contributed by atoms with Crippen LogP contribution in [0.25, 0.3) is 0 Å². The SMILES string of the molecule is CC(C)OC1CCN(Cc2ccccn2)CC1. The maximum Gasteiger partial charge on any atom is 0.0603 e. The predicted octanol–water partition coefficient (Wildman–Crippen LogP) is 2.47. The first-order chi connectivity index (χ1) is 8.24. The fourth-order valence-corrected chi connectivity index (χ4v) is 2.31. The molecule has 0 atom stereocenters. The number of nitrogens with zero attached hydrogens (tertiary/aromatic N) is 2. The van der Waals surface area contributed by atoms with Gasteiger partial charge in [-0.2, -0.15) is 0 Å². The molecule has 3 heteroatoms. The molecule has 1 aromatic rings. The summed E-state index contributed by atoms with van der Waals surface area (Å²) in [5.74, 6) is 0. The molecule has 1 aliphatic heterocycles. The van der Waals surface area contributed by atoms with E-state index in [1.807, 2.05) is 12.3 Å². The van der Waals surface area contributed by atoms with Crippen LogP contribution >= 0.6 is 0 Å². The van der Waals surface area contributed by atoms with E-state index < -0.39 is 0 Å². The smallest absolute Gasteiger partial charge is 0.0603 e. The van der Waals surface area contributed by atoms with Gasteiger partial charge in [-0.3, -0.25) is 9.88 Å². The van der Waals surface area contributed by atoms with Gasteiger partial charge in [0, 0.05) is 25.8 Å². The summed E-state index contributed by atoms with van der Waals surface area (Å²) in [5.41, 5.74) is 1.16. The summed E-state index contributed by atoms with van der Waals surface area (Å²) < 4.78 is 5.85. The van der Waals surface area contributed by atoms with Gasteiger partial charge in [0.15, 0.2) is 0 Å². The topological polar surface area (TPSA) is 25.4 Å². The number of ether oxygens (including phenoxy) is 1. The van der Waals surface area contributed by atoms with Crippen molar-refractivity contribution in [2.75, 3.05) is 13.1 Å². The third-order valence-corrected chi connectivity index (χ3v) is 3.11. The summed E-state index contributed by atoms with van der Waals surface area (Å²) in [7, 11) is 0. The van der Waals surface area contributed by atoms with Gasteiger partial charge in [0.05, 0.1) is 17.9 Å². The van der Waals surface area contributed by atoms with E-state index in [4.69, 9.17) is 4.74 Å². The van der Waals surface area contributed by atoms with Crippen molar-refractivity contribution in [3.05, 3.63) is 30.1 Å². The third kappa shape index (κ3) is 4.10. The van der Waals surface area contributed by atoms with Crippen molar-refractivity contribution in [1.82, 2.24) is 9.88 Å². The van der Waals surface area contributed by atoms with Gasteiger partial charge in [-0.05, 0) is 38.8 Å². The van der Waals surface area contributed by atoms with Gasteiger partial charge < -0.3 is 4.74 Å². The van der Waals surface area contributed by atoms with Crippen LogP contribution in [0.15, 0.2) is 24.4 Å². The van der Waals surface area contributed by atoms with Crippen molar-refractivity contribution in [1.29, 1.82) is 0 Å². The van der Waals surface area contributed by atoms with Gasteiger partial charge in [-0.15, -0.1) is 0 Å². The highest BCUT2D eigenvalue weighted by Crippen LogP contribution is 2.16. The monoisotopic (exact) mass is 234 g/mol. The molecule has 3 nitrogen and oxygen atoms in total. The summed E-state index contributed by atoms with van der Waals surface area (Å²) in [4.78, 5) is 6.83. The van der Waals surface area contributed by atoms with Gasteiger partial charge in [-0.25, -0.2) is 0 Å². The molecule has 0 bridgehead atoms. The molecule has 0 spiro atoms. The molecule has 0 N–H and O–H groups in total. The maximum atomic E-state index is 5.85. The highest BCUT2D eigenvalue weighted by Gasteiger charge is 2.20. The average Bonchev–Trinajstić information content (AvgIpc) is 2.32. The van der Waals surface area contributed by atoms with Crippen molar-refractivity contribution < 1.29 is 4.74 Å². The number of hydrogen-bond acceptors (Lipinski definition) is 3. The molecule has 0 radical (unpaired) electrons. The number of piperidine rings is 1. The van der Waals surface area contributed by atoms with Gasteiger partial charge in [-0.1, -0.05) is 6.07 Å². The van der Waals surface area contributed by atoms with Crippen LogP contribution < -0.4 is 0 Å². The predicted molar refractivity (Wildman–Crippen MR) is 68.8 cm³/mol. The second-order valence-corrected chi connectivity index (χ2v) is 4.98. The molecule has 0 aliphatic carbocycles. The zero-order chi connectivity index (χ0) is 12.1. The standard InChI is InChI=1S/C14H22N2O/c1-12(2)17-14-6-9-16(10-7-14)11-13-5-3-4-8-15-13/h3-5,8,12,14H,6-7,9-11H2,1-2H3. The number of hydrogen-bond donors (Lipinski definition) is 0. The van der Waals surface area contributed by atoms with Crippen LogP contribution in [0.3, 0.4) is 0 Å². The van der Waals surface area contributed by atoms with Crippen molar-refractivity contribution in [2.45, 2.75) is 45.4 Å². The molecule has 0 aromatic carbocycles. The second-order valence-electron chi connectivity index (χ2n) is 4.98. The van der Waals surface area contributed by atoms with Crippen LogP contribution in [0, 0.1) is 0 Å². The lowest BCUT2D eigenvalue weighted by Gasteiger charge is -2.32. The van der Waals surface area contributed by atoms with Crippen LogP contribution in [0.1, 0.15) is 32.4 Å². The van der Waals surface area contributed by atoms with E-state index in [1.165, 1.54) is 0 Å². The van der Waals surface area contributed by atoms with E-state index in [9.17, 15) is 0 Å². The van der Waals surface area contributed by atoms with Crippen LogP contribution in [0.5, 0.6) is 0 Å². The maximum absolute atomic E-state index is 5.85. The third-order valence-electron chi connectivity index (χ3n) is 3.11. The molecular formula is C14H22N2O. The highest BCUT2D eigenvalue weighted by molar-refractivity contribution is 5.03. The fraction of sp³-hybridized carbons (Fsp3) is 0.643. The van der Waals surface area contributed by atoms with E-state index in [2.05, 4.69) is 35.9 Å². The number of pyridine rings is 1. The fourth-order valence-electron chi connectivity index (χ4n) is 2.31. The molecule has 1 aromatic heterocycles. The van der Waals surface area contributed by atoms with E-state index in [0.29, 0.717) is 12.2 Å². The Morgan fingerprint density at radius 2 is 2.12 bits per heavy atom. The van der Waals surface area contributed by atoms with Gasteiger partial charge in [0.1, 0.15) is 0 Å². The quantitative estimate of drug-likeness (QED) is 0.800. The Bertz CT molecular complexity index is 318. The Balaban J connectivity index is 1.76. The molecule has 2 rings (SSSR count). The highest BCUT2D eigenvalue weighted by atomic mass is 16.5. The normalized spacial score (nSPS) is 18.8. The molecule has 0 unspecified atom stereocenters. The molecule has 1 fully saturated rings. The number of rotatable bonds is 4. The van der Waals surface area contributed by atoms with Gasteiger partial charge in [0.2, 0.25) is 0 Å². The number of likely N-dealkylation sites (tertiary alicyclic amines) is 1. The zero-order valence-electron chi connectivity index (χ0n) is 10.8. The molecule has 17 heavy (non-hydrogen) atoms. The minimum Gasteiger partial charge on any atom is -0.375 e. The summed E-state index contributed by atoms with van der Waals surface area (Å²) >= 11 is 0. The van der Waals surface area contributed by atoms with E-state index in [0.717, 1.165) is 38.2 Å². The molecule has 0 amide bonds. The molecular weight excluding hydrogens is 212 g/mol. The summed E-state index contributed by atoms with van der Waals surface area (Å²) in [5, 5.41) is 0. The van der Waals surface area contributed by atoms with Crippen molar-refractivity contribution in [3.63, 3.8) is 0 Å². The van der Waals surface area contributed by atoms with Crippen LogP contribution in [0.4, 0.5) is 0 Å². The molecule has 2 heterocycles. The number of aromatic nitrogens is 1. The van der Waals surface area contributed by atoms with E-state index >= 15 is 0 Å². The van der Waals surface area contributed by atoms with Gasteiger partial charge >= 0.3 is 0 Å². The van der Waals surface area contributed by atoms with Crippen molar-refractivity contribution >= 4 is 0 Å². The first-order valence-electron chi connectivity index (χ1n) is 6.52. The Morgan fingerprint density at radius 3 is 2.71 bits per heavy atom. The Hall–Kier alpha value is -0.930. The lowest BCUT2D eigenvalue weighted by atomic mass is 10.1. The Morgan fingerprint density at radius 1 is 1.35 bits per heavy atom. The van der Waals surface area contributed by atoms with Crippen LogP contribution in [-0.2, 0) is 11.3 Å². The van der Waals surface area contributed by atoms with Crippen molar-refractivity contribution in [3.8, 4) is 0 Å². The molecule has 1 aliphatic rings. The van der Waals surface area contributed by atoms with Gasteiger partial charge in [0.25, 0.3) is 0 Å². The molecule has 1 saturated heterocycles. The zero-order valence-corrected chi connectivity index (χ0v) is 10.8. The minimum atomic E-state index is 0.349. The largest absolute Gasteiger partial charge is 0.375 e. The molecule has 94 valence electrons. The first-order valence-corrected chi connectivity index (χ1v) is 6.52. The lowest BCUT2D eigenvalue weighted by Crippen LogP contribution is -2.37. The van der Waals surface area contributed by atoms with Crippen molar-refractivity contribution in [2.24, 2.45) is 0 Å². The summed E-state index contributed by atoms with van der Waals surface area (Å²) in [6, 6.07) is 6.11. The Kier molecular flexibility index (Phi) is 4.51. The summed E-state index contributed by atoms with van der Waals surface area (Å²) in [6.45, 7) is 7.43.